The van der Waals surface area contributed by atoms with Crippen molar-refractivity contribution in [2.45, 2.75) is 47.5 Å². The molecular weight excluding hydrogens is 326 g/mol. The molecule has 138 valence electrons. The van der Waals surface area contributed by atoms with Gasteiger partial charge < -0.3 is 0 Å². The minimum atomic E-state index is 0.666. The zero-order valence-corrected chi connectivity index (χ0v) is 17.5. The van der Waals surface area contributed by atoms with E-state index in [4.69, 9.17) is 0 Å². The Hall–Kier alpha value is -2.41. The zero-order valence-electron chi connectivity index (χ0n) is 17.5. The smallest absolute Gasteiger partial charge is 0.201 e. The molecule has 0 fully saturated rings. The fraction of sp³-hybridized carbons (Fsp3) is 0.346. The van der Waals surface area contributed by atoms with E-state index < -0.39 is 0 Å². The van der Waals surface area contributed by atoms with Gasteiger partial charge in [0.2, 0.25) is 5.69 Å². The molecule has 0 atom stereocenters. The van der Waals surface area contributed by atoms with Crippen molar-refractivity contribution >= 4 is 0 Å². The van der Waals surface area contributed by atoms with Crippen LogP contribution in [0.5, 0.6) is 0 Å². The lowest BCUT2D eigenvalue weighted by atomic mass is 9.91. The first-order chi connectivity index (χ1) is 12.8. The largest absolute Gasteiger partial charge is 0.213 e. The van der Waals surface area contributed by atoms with Gasteiger partial charge in [-0.15, -0.1) is 0 Å². The fourth-order valence-corrected chi connectivity index (χ4v) is 4.61. The van der Waals surface area contributed by atoms with E-state index in [1.54, 1.807) is 0 Å². The number of nitrogens with zero attached hydrogens (tertiary/aromatic N) is 1. The molecule has 1 heterocycles. The molecule has 2 aromatic carbocycles. The van der Waals surface area contributed by atoms with Crippen LogP contribution in [0.3, 0.4) is 0 Å². The van der Waals surface area contributed by atoms with Crippen molar-refractivity contribution in [3.05, 3.63) is 76.0 Å². The van der Waals surface area contributed by atoms with Crippen LogP contribution in [0.15, 0.2) is 42.6 Å². The summed E-state index contributed by atoms with van der Waals surface area (Å²) in [7, 11) is 2.19. The van der Waals surface area contributed by atoms with Gasteiger partial charge in [-0.1, -0.05) is 49.7 Å². The number of pyridine rings is 1. The summed E-state index contributed by atoms with van der Waals surface area (Å²) in [6.07, 6.45) is 4.47. The normalized spacial score (nSPS) is 12.4. The molecule has 0 saturated carbocycles. The Bertz CT molecular complexity index is 1040. The molecule has 0 bridgehead atoms. The van der Waals surface area contributed by atoms with Crippen molar-refractivity contribution < 1.29 is 4.57 Å². The first-order valence-electron chi connectivity index (χ1n) is 10.1. The Labute approximate surface area is 163 Å². The molecule has 4 rings (SSSR count). The minimum absolute atomic E-state index is 0.666. The maximum absolute atomic E-state index is 2.44. The van der Waals surface area contributed by atoms with Gasteiger partial charge >= 0.3 is 0 Å². The van der Waals surface area contributed by atoms with Crippen LogP contribution in [-0.4, -0.2) is 0 Å². The summed E-state index contributed by atoms with van der Waals surface area (Å²) >= 11 is 0. The molecule has 0 radical (unpaired) electrons. The topological polar surface area (TPSA) is 3.88 Å². The molecule has 0 aliphatic heterocycles. The van der Waals surface area contributed by atoms with Gasteiger partial charge in [0.15, 0.2) is 6.20 Å². The SMILES string of the molecule is Cc1ccc2c(c1)Cc1c-2ccc(C)c1-c1cc(CC(C)C)c(C)c[n+]1C. The lowest BCUT2D eigenvalue weighted by Gasteiger charge is -2.14. The van der Waals surface area contributed by atoms with Gasteiger partial charge in [-0.2, -0.15) is 0 Å². The fourth-order valence-electron chi connectivity index (χ4n) is 4.61. The van der Waals surface area contributed by atoms with Crippen LogP contribution in [0.1, 0.15) is 47.2 Å². The maximum atomic E-state index is 2.44. The van der Waals surface area contributed by atoms with E-state index in [-0.39, 0.29) is 0 Å². The first-order valence-corrected chi connectivity index (χ1v) is 10.1. The van der Waals surface area contributed by atoms with Crippen LogP contribution in [0.2, 0.25) is 0 Å². The molecule has 27 heavy (non-hydrogen) atoms. The molecule has 0 amide bonds. The second kappa shape index (κ2) is 6.64. The van der Waals surface area contributed by atoms with E-state index in [1.807, 2.05) is 0 Å². The Morgan fingerprint density at radius 3 is 2.41 bits per heavy atom. The lowest BCUT2D eigenvalue weighted by Crippen LogP contribution is -2.32. The summed E-state index contributed by atoms with van der Waals surface area (Å²) in [4.78, 5) is 0. The number of rotatable bonds is 3. The maximum Gasteiger partial charge on any atom is 0.213 e. The van der Waals surface area contributed by atoms with Crippen molar-refractivity contribution in [1.29, 1.82) is 0 Å². The van der Waals surface area contributed by atoms with Crippen molar-refractivity contribution in [1.82, 2.24) is 0 Å². The summed E-state index contributed by atoms with van der Waals surface area (Å²) in [6.45, 7) is 11.3. The van der Waals surface area contributed by atoms with Crippen LogP contribution in [-0.2, 0) is 19.9 Å². The van der Waals surface area contributed by atoms with E-state index >= 15 is 0 Å². The van der Waals surface area contributed by atoms with Crippen LogP contribution >= 0.6 is 0 Å². The summed E-state index contributed by atoms with van der Waals surface area (Å²) in [5, 5.41) is 0. The van der Waals surface area contributed by atoms with Gasteiger partial charge in [0, 0.05) is 11.6 Å². The van der Waals surface area contributed by atoms with Crippen molar-refractivity contribution in [2.24, 2.45) is 13.0 Å². The zero-order chi connectivity index (χ0) is 19.3. The van der Waals surface area contributed by atoms with Crippen LogP contribution in [0, 0.1) is 26.7 Å². The summed E-state index contributed by atoms with van der Waals surface area (Å²) in [5.41, 5.74) is 14.1. The predicted octanol–water partition coefficient (Wildman–Crippen LogP) is 5.87. The Morgan fingerprint density at radius 1 is 0.926 bits per heavy atom. The summed E-state index contributed by atoms with van der Waals surface area (Å²) in [5.74, 6) is 0.666. The average Bonchev–Trinajstić information content (AvgIpc) is 2.94. The molecule has 0 unspecified atom stereocenters. The van der Waals surface area contributed by atoms with E-state index in [0.717, 1.165) is 12.8 Å². The molecular formula is C26H30N+. The van der Waals surface area contributed by atoms with Gasteiger partial charge in [-0.3, -0.25) is 0 Å². The Morgan fingerprint density at radius 2 is 1.67 bits per heavy atom. The van der Waals surface area contributed by atoms with Crippen molar-refractivity contribution in [3.63, 3.8) is 0 Å². The van der Waals surface area contributed by atoms with Crippen molar-refractivity contribution in [2.75, 3.05) is 0 Å². The quantitative estimate of drug-likeness (QED) is 0.404. The Balaban J connectivity index is 1.92. The highest BCUT2D eigenvalue weighted by Crippen LogP contribution is 2.42. The third-order valence-corrected chi connectivity index (χ3v) is 5.91. The molecule has 1 aromatic heterocycles. The first kappa shape index (κ1) is 18.0. The molecule has 0 spiro atoms. The lowest BCUT2D eigenvalue weighted by molar-refractivity contribution is -0.660. The highest BCUT2D eigenvalue weighted by atomic mass is 14.9. The molecule has 0 saturated heterocycles. The highest BCUT2D eigenvalue weighted by Gasteiger charge is 2.27. The number of aromatic nitrogens is 1. The minimum Gasteiger partial charge on any atom is -0.201 e. The second-order valence-electron chi connectivity index (χ2n) is 8.70. The number of hydrogen-bond donors (Lipinski definition) is 0. The van der Waals surface area contributed by atoms with E-state index in [2.05, 4.69) is 88.8 Å². The molecule has 1 heteroatoms. The van der Waals surface area contributed by atoms with Crippen LogP contribution < -0.4 is 4.57 Å². The average molecular weight is 357 g/mol. The van der Waals surface area contributed by atoms with Gasteiger partial charge in [-0.25, -0.2) is 4.57 Å². The molecule has 1 aliphatic rings. The third kappa shape index (κ3) is 3.10. The standard InChI is InChI=1S/C26H30N/c1-16(2)11-20-14-25(27(6)15-19(20)5)26-18(4)8-10-23-22-9-7-17(3)12-21(22)13-24(23)26/h7-10,12,14-16H,11,13H2,1-6H3/q+1. The summed E-state index contributed by atoms with van der Waals surface area (Å²) < 4.78 is 2.32. The number of fused-ring (bicyclic) bond motifs is 3. The predicted molar refractivity (Wildman–Crippen MR) is 114 cm³/mol. The number of aryl methyl sites for hydroxylation is 4. The van der Waals surface area contributed by atoms with E-state index in [0.29, 0.717) is 5.92 Å². The number of hydrogen-bond acceptors (Lipinski definition) is 0. The summed E-state index contributed by atoms with van der Waals surface area (Å²) in [6, 6.07) is 13.9. The second-order valence-corrected chi connectivity index (χ2v) is 8.70. The van der Waals surface area contributed by atoms with Crippen LogP contribution in [0.25, 0.3) is 22.4 Å². The highest BCUT2D eigenvalue weighted by molar-refractivity contribution is 5.85. The monoisotopic (exact) mass is 356 g/mol. The molecule has 1 nitrogen and oxygen atoms in total. The molecule has 0 N–H and O–H groups in total. The molecule has 1 aliphatic carbocycles. The number of benzene rings is 2. The molecule has 3 aromatic rings. The van der Waals surface area contributed by atoms with Crippen LogP contribution in [0.4, 0.5) is 0 Å². The third-order valence-electron chi connectivity index (χ3n) is 5.91. The van der Waals surface area contributed by atoms with Crippen molar-refractivity contribution in [3.8, 4) is 22.4 Å². The Kier molecular flexibility index (Phi) is 4.42. The van der Waals surface area contributed by atoms with E-state index in [9.17, 15) is 0 Å². The van der Waals surface area contributed by atoms with Gasteiger partial charge in [-0.05, 0) is 72.9 Å². The van der Waals surface area contributed by atoms with Gasteiger partial charge in [0.25, 0.3) is 0 Å². The van der Waals surface area contributed by atoms with E-state index in [1.165, 1.54) is 55.8 Å². The van der Waals surface area contributed by atoms with Gasteiger partial charge in [0.05, 0.1) is 5.56 Å². The van der Waals surface area contributed by atoms with Gasteiger partial charge in [0.1, 0.15) is 7.05 Å².